The van der Waals surface area contributed by atoms with Crippen molar-refractivity contribution in [3.05, 3.63) is 27.1 Å². The Bertz CT molecular complexity index is 1100. The van der Waals surface area contributed by atoms with E-state index >= 15 is 0 Å². The van der Waals surface area contributed by atoms with Gasteiger partial charge in [-0.05, 0) is 33.8 Å². The summed E-state index contributed by atoms with van der Waals surface area (Å²) in [5.41, 5.74) is 0.684. The standard InChI is InChI=1S/C19H24ClF2N5O2S/c1-11(25-30(29)18(2,3)4)12-10-13(20)23-15-14(12)24-17(26(5)16(15)28)27-8-6-19(21,22)7-9-27/h10H,6-9H2,1-5H3/b25-11+/t30-/m1/s1. The molecule has 30 heavy (non-hydrogen) atoms. The molecule has 3 heterocycles. The third-order valence-corrected chi connectivity index (χ3v) is 6.57. The maximum Gasteiger partial charge on any atom is 0.281 e. The number of hydrogen-bond acceptors (Lipinski definition) is 5. The van der Waals surface area contributed by atoms with Gasteiger partial charge in [-0.15, -0.1) is 0 Å². The average molecular weight is 460 g/mol. The van der Waals surface area contributed by atoms with Crippen LogP contribution < -0.4 is 10.5 Å². The molecule has 1 fully saturated rings. The van der Waals surface area contributed by atoms with E-state index in [1.807, 2.05) is 0 Å². The highest BCUT2D eigenvalue weighted by atomic mass is 35.5. The molecule has 0 aliphatic carbocycles. The van der Waals surface area contributed by atoms with Crippen LogP contribution in [0.3, 0.4) is 0 Å². The smallest absolute Gasteiger partial charge is 0.281 e. The molecule has 0 spiro atoms. The minimum atomic E-state index is -2.72. The molecule has 1 aliphatic heterocycles. The maximum absolute atomic E-state index is 13.6. The molecule has 3 rings (SSSR count). The number of hydrogen-bond donors (Lipinski definition) is 0. The maximum atomic E-state index is 13.6. The van der Waals surface area contributed by atoms with Gasteiger partial charge in [0.05, 0.1) is 10.5 Å². The summed E-state index contributed by atoms with van der Waals surface area (Å²) in [6, 6.07) is 1.52. The highest BCUT2D eigenvalue weighted by Crippen LogP contribution is 2.30. The summed E-state index contributed by atoms with van der Waals surface area (Å²) in [5.74, 6) is -2.44. The molecule has 0 saturated carbocycles. The Morgan fingerprint density at radius 2 is 1.83 bits per heavy atom. The number of rotatable bonds is 3. The molecular weight excluding hydrogens is 436 g/mol. The summed E-state index contributed by atoms with van der Waals surface area (Å²) in [5, 5.41) is 0.0813. The summed E-state index contributed by atoms with van der Waals surface area (Å²) in [6.07, 6.45) is -0.616. The zero-order chi connectivity index (χ0) is 22.4. The van der Waals surface area contributed by atoms with E-state index in [1.165, 1.54) is 17.7 Å². The molecule has 0 amide bonds. The van der Waals surface area contributed by atoms with Gasteiger partial charge in [0.15, 0.2) is 5.52 Å². The molecule has 1 saturated heterocycles. The van der Waals surface area contributed by atoms with E-state index in [9.17, 15) is 17.8 Å². The van der Waals surface area contributed by atoms with Gasteiger partial charge in [0, 0.05) is 38.5 Å². The summed E-state index contributed by atoms with van der Waals surface area (Å²) >= 11 is 6.13. The molecule has 2 aromatic heterocycles. The van der Waals surface area contributed by atoms with Crippen molar-refractivity contribution in [2.24, 2.45) is 11.4 Å². The van der Waals surface area contributed by atoms with Gasteiger partial charge in [-0.3, -0.25) is 9.36 Å². The van der Waals surface area contributed by atoms with Crippen LogP contribution in [0.2, 0.25) is 5.15 Å². The van der Waals surface area contributed by atoms with Gasteiger partial charge in [0.25, 0.3) is 11.5 Å². The molecule has 0 unspecified atom stereocenters. The predicted octanol–water partition coefficient (Wildman–Crippen LogP) is 3.49. The first-order valence-corrected chi connectivity index (χ1v) is 11.0. The van der Waals surface area contributed by atoms with E-state index in [2.05, 4.69) is 14.4 Å². The summed E-state index contributed by atoms with van der Waals surface area (Å²) < 4.78 is 44.6. The molecule has 0 aromatic carbocycles. The van der Waals surface area contributed by atoms with Gasteiger partial charge in [-0.1, -0.05) is 11.6 Å². The van der Waals surface area contributed by atoms with Gasteiger partial charge < -0.3 is 4.90 Å². The van der Waals surface area contributed by atoms with E-state index in [4.69, 9.17) is 11.6 Å². The van der Waals surface area contributed by atoms with Gasteiger partial charge in [-0.2, -0.15) is 4.40 Å². The zero-order valence-corrected chi connectivity index (χ0v) is 19.1. The Labute approximate surface area is 180 Å². The molecule has 164 valence electrons. The van der Waals surface area contributed by atoms with E-state index in [-0.39, 0.29) is 48.1 Å². The monoisotopic (exact) mass is 459 g/mol. The van der Waals surface area contributed by atoms with E-state index in [0.717, 1.165) is 0 Å². The molecule has 0 bridgehead atoms. The first kappa shape index (κ1) is 22.7. The van der Waals surface area contributed by atoms with Crippen LogP contribution in [0.15, 0.2) is 15.3 Å². The van der Waals surface area contributed by atoms with Gasteiger partial charge in [0.1, 0.15) is 21.7 Å². The molecule has 0 N–H and O–H groups in total. The van der Waals surface area contributed by atoms with Gasteiger partial charge in [-0.25, -0.2) is 23.0 Å². The van der Waals surface area contributed by atoms with Crippen LogP contribution in [-0.2, 0) is 18.0 Å². The first-order chi connectivity index (χ1) is 13.8. The molecule has 2 aromatic rings. The number of piperidine rings is 1. The quantitative estimate of drug-likeness (QED) is 0.518. The number of alkyl halides is 2. The highest BCUT2D eigenvalue weighted by Gasteiger charge is 2.35. The van der Waals surface area contributed by atoms with Crippen molar-refractivity contribution in [3.8, 4) is 0 Å². The zero-order valence-electron chi connectivity index (χ0n) is 17.5. The Morgan fingerprint density at radius 3 is 2.40 bits per heavy atom. The number of halogens is 3. The predicted molar refractivity (Wildman–Crippen MR) is 116 cm³/mol. The van der Waals surface area contributed by atoms with Gasteiger partial charge >= 0.3 is 0 Å². The number of aromatic nitrogens is 3. The molecule has 7 nitrogen and oxygen atoms in total. The Kier molecular flexibility index (Phi) is 6.03. The van der Waals surface area contributed by atoms with Crippen molar-refractivity contribution in [1.82, 2.24) is 14.5 Å². The SMILES string of the molecule is C/C(=N\[S@](=O)C(C)(C)C)c1cc(Cl)nc2c(=O)n(C)c(N3CCC(F)(F)CC3)nc12. The van der Waals surface area contributed by atoms with Crippen molar-refractivity contribution >= 4 is 45.3 Å². The fourth-order valence-corrected chi connectivity index (χ4v) is 3.91. The molecule has 1 aliphatic rings. The fourth-order valence-electron chi connectivity index (χ4n) is 3.10. The van der Waals surface area contributed by atoms with Crippen molar-refractivity contribution in [1.29, 1.82) is 0 Å². The number of nitrogens with zero attached hydrogens (tertiary/aromatic N) is 5. The lowest BCUT2D eigenvalue weighted by Crippen LogP contribution is -2.42. The summed E-state index contributed by atoms with van der Waals surface area (Å²) in [4.78, 5) is 23.3. The second-order valence-corrected chi connectivity index (χ2v) is 10.6. The summed E-state index contributed by atoms with van der Waals surface area (Å²) in [6.45, 7) is 7.23. The molecular formula is C19H24ClF2N5O2S. The van der Waals surface area contributed by atoms with Crippen LogP contribution in [0.1, 0.15) is 46.1 Å². The molecule has 11 heteroatoms. The lowest BCUT2D eigenvalue weighted by atomic mass is 10.1. The van der Waals surface area contributed by atoms with Gasteiger partial charge in [0.2, 0.25) is 5.95 Å². The Morgan fingerprint density at radius 1 is 1.23 bits per heavy atom. The van der Waals surface area contributed by atoms with E-state index in [1.54, 1.807) is 32.6 Å². The van der Waals surface area contributed by atoms with Crippen molar-refractivity contribution < 1.29 is 13.0 Å². The lowest BCUT2D eigenvalue weighted by Gasteiger charge is -2.33. The second-order valence-electron chi connectivity index (χ2n) is 8.35. The third kappa shape index (κ3) is 4.54. The Balaban J connectivity index is 2.18. The van der Waals surface area contributed by atoms with Crippen LogP contribution in [-0.4, -0.2) is 48.2 Å². The van der Waals surface area contributed by atoms with E-state index in [0.29, 0.717) is 11.3 Å². The van der Waals surface area contributed by atoms with E-state index < -0.39 is 27.2 Å². The van der Waals surface area contributed by atoms with Crippen LogP contribution in [0.25, 0.3) is 11.0 Å². The highest BCUT2D eigenvalue weighted by molar-refractivity contribution is 7.85. The van der Waals surface area contributed by atoms with Crippen molar-refractivity contribution in [3.63, 3.8) is 0 Å². The molecule has 0 radical (unpaired) electrons. The van der Waals surface area contributed by atoms with Crippen LogP contribution >= 0.6 is 11.6 Å². The average Bonchev–Trinajstić information content (AvgIpc) is 2.64. The van der Waals surface area contributed by atoms with Crippen molar-refractivity contribution in [2.45, 2.75) is 51.2 Å². The van der Waals surface area contributed by atoms with Crippen molar-refractivity contribution in [2.75, 3.05) is 18.0 Å². The summed E-state index contributed by atoms with van der Waals surface area (Å²) in [7, 11) is -0.00341. The van der Waals surface area contributed by atoms with Crippen LogP contribution in [0.5, 0.6) is 0 Å². The second kappa shape index (κ2) is 7.96. The third-order valence-electron chi connectivity index (χ3n) is 4.89. The minimum absolute atomic E-state index is 0.0437. The van der Waals surface area contributed by atoms with Crippen LogP contribution in [0, 0.1) is 0 Å². The normalized spacial score (nSPS) is 18.7. The first-order valence-electron chi connectivity index (χ1n) is 9.48. The number of fused-ring (bicyclic) bond motifs is 1. The topological polar surface area (TPSA) is 80.4 Å². The number of pyridine rings is 1. The lowest BCUT2D eigenvalue weighted by molar-refractivity contribution is -0.0223. The molecule has 1 atom stereocenters. The number of anilines is 1. The largest absolute Gasteiger partial charge is 0.342 e. The minimum Gasteiger partial charge on any atom is -0.342 e. The van der Waals surface area contributed by atoms with Crippen LogP contribution in [0.4, 0.5) is 14.7 Å². The Hall–Kier alpha value is -1.94. The fraction of sp³-hybridized carbons (Fsp3) is 0.579.